The first-order chi connectivity index (χ1) is 17.4. The van der Waals surface area contributed by atoms with Crippen LogP contribution in [0.3, 0.4) is 0 Å². The number of halogens is 1. The second-order valence-electron chi connectivity index (χ2n) is 7.46. The fourth-order valence-corrected chi connectivity index (χ4v) is 4.00. The van der Waals surface area contributed by atoms with E-state index in [-0.39, 0.29) is 12.2 Å². The van der Waals surface area contributed by atoms with E-state index in [1.54, 1.807) is 37.3 Å². The van der Waals surface area contributed by atoms with Crippen LogP contribution in [0.25, 0.3) is 6.08 Å². The number of nitrogens with zero attached hydrogens (tertiary/aromatic N) is 1. The van der Waals surface area contributed by atoms with E-state index in [1.165, 1.54) is 6.08 Å². The van der Waals surface area contributed by atoms with Gasteiger partial charge in [0.1, 0.15) is 18.2 Å². The van der Waals surface area contributed by atoms with Crippen molar-refractivity contribution in [3.05, 3.63) is 92.6 Å². The molecule has 184 valence electrons. The molecule has 0 heterocycles. The molecule has 0 unspecified atom stereocenters. The molecule has 0 saturated heterocycles. The molecular weight excluding hydrogens is 571 g/mol. The van der Waals surface area contributed by atoms with Gasteiger partial charge in [0.05, 0.1) is 22.3 Å². The zero-order valence-electron chi connectivity index (χ0n) is 19.9. The molecule has 0 bridgehead atoms. The maximum absolute atomic E-state index is 12.7. The minimum atomic E-state index is -0.571. The molecule has 3 aromatic carbocycles. The van der Waals surface area contributed by atoms with Crippen LogP contribution in [0.2, 0.25) is 0 Å². The lowest BCUT2D eigenvalue weighted by atomic mass is 10.1. The van der Waals surface area contributed by atoms with E-state index in [9.17, 15) is 14.9 Å². The lowest BCUT2D eigenvalue weighted by Gasteiger charge is -2.15. The Morgan fingerprint density at radius 3 is 2.36 bits per heavy atom. The van der Waals surface area contributed by atoms with Crippen LogP contribution in [0.1, 0.15) is 35.3 Å². The van der Waals surface area contributed by atoms with Crippen molar-refractivity contribution < 1.29 is 23.8 Å². The fraction of sp³-hybridized carbons (Fsp3) is 0.179. The summed E-state index contributed by atoms with van der Waals surface area (Å²) in [5.41, 5.74) is 2.39. The van der Waals surface area contributed by atoms with Crippen molar-refractivity contribution >= 4 is 46.2 Å². The summed E-state index contributed by atoms with van der Waals surface area (Å²) >= 11 is 2.15. The monoisotopic (exact) mass is 596 g/mol. The minimum Gasteiger partial charge on any atom is -0.490 e. The van der Waals surface area contributed by atoms with Gasteiger partial charge in [-0.25, -0.2) is 4.79 Å². The maximum Gasteiger partial charge on any atom is 0.338 e. The molecule has 0 aliphatic rings. The predicted molar refractivity (Wildman–Crippen MR) is 146 cm³/mol. The van der Waals surface area contributed by atoms with Gasteiger partial charge in [-0.15, -0.1) is 0 Å². The number of carbonyl (C=O) groups is 2. The third-order valence-corrected chi connectivity index (χ3v) is 5.69. The van der Waals surface area contributed by atoms with Crippen molar-refractivity contribution in [2.45, 2.75) is 20.5 Å². The van der Waals surface area contributed by atoms with Crippen LogP contribution in [-0.2, 0) is 16.1 Å². The Morgan fingerprint density at radius 1 is 1.00 bits per heavy atom. The van der Waals surface area contributed by atoms with Crippen LogP contribution in [0.5, 0.6) is 11.5 Å². The number of rotatable bonds is 10. The SMILES string of the molecule is CCOC(=O)c1ccc(NC(=O)/C(C#N)=C/c2cc(I)c(OCc3ccccc3)c(OCC)c2)cc1. The van der Waals surface area contributed by atoms with E-state index in [0.29, 0.717) is 41.5 Å². The second kappa shape index (κ2) is 13.3. The number of esters is 1. The molecule has 0 atom stereocenters. The molecule has 0 aromatic heterocycles. The molecule has 0 aliphatic heterocycles. The lowest BCUT2D eigenvalue weighted by molar-refractivity contribution is -0.112. The summed E-state index contributed by atoms with van der Waals surface area (Å²) in [7, 11) is 0. The number of anilines is 1. The Hall–Kier alpha value is -3.84. The van der Waals surface area contributed by atoms with Crippen LogP contribution in [0, 0.1) is 14.9 Å². The topological polar surface area (TPSA) is 97.7 Å². The summed E-state index contributed by atoms with van der Waals surface area (Å²) in [5.74, 6) is 0.115. The van der Waals surface area contributed by atoms with Gasteiger partial charge in [0, 0.05) is 5.69 Å². The first-order valence-corrected chi connectivity index (χ1v) is 12.4. The predicted octanol–water partition coefficient (Wildman–Crippen LogP) is 5.99. The molecule has 36 heavy (non-hydrogen) atoms. The highest BCUT2D eigenvalue weighted by Crippen LogP contribution is 2.35. The molecular formula is C28H25IN2O5. The molecule has 3 aromatic rings. The van der Waals surface area contributed by atoms with E-state index in [2.05, 4.69) is 27.9 Å². The smallest absolute Gasteiger partial charge is 0.338 e. The number of amides is 1. The Morgan fingerprint density at radius 2 is 1.72 bits per heavy atom. The first-order valence-electron chi connectivity index (χ1n) is 11.3. The highest BCUT2D eigenvalue weighted by Gasteiger charge is 2.15. The standard InChI is InChI=1S/C28H25IN2O5/c1-3-34-25-16-20(15-24(29)26(25)36-18-19-8-6-5-7-9-19)14-22(17-30)27(32)31-23-12-10-21(11-13-23)28(33)35-4-2/h5-16H,3-4,18H2,1-2H3,(H,31,32)/b22-14+. The van der Waals surface area contributed by atoms with Crippen LogP contribution >= 0.6 is 22.6 Å². The third-order valence-electron chi connectivity index (χ3n) is 4.89. The zero-order valence-corrected chi connectivity index (χ0v) is 22.1. The van der Waals surface area contributed by atoms with Gasteiger partial charge in [0.15, 0.2) is 11.5 Å². The summed E-state index contributed by atoms with van der Waals surface area (Å²) < 4.78 is 17.6. The highest BCUT2D eigenvalue weighted by molar-refractivity contribution is 14.1. The van der Waals surface area contributed by atoms with Crippen LogP contribution in [-0.4, -0.2) is 25.1 Å². The van der Waals surface area contributed by atoms with Crippen LogP contribution in [0.15, 0.2) is 72.3 Å². The summed E-state index contributed by atoms with van der Waals surface area (Å²) in [6.45, 7) is 4.69. The maximum atomic E-state index is 12.7. The van der Waals surface area contributed by atoms with E-state index < -0.39 is 11.9 Å². The largest absolute Gasteiger partial charge is 0.490 e. The zero-order chi connectivity index (χ0) is 25.9. The molecule has 7 nitrogen and oxygen atoms in total. The molecule has 3 rings (SSSR count). The molecule has 1 N–H and O–H groups in total. The number of ether oxygens (including phenoxy) is 3. The van der Waals surface area contributed by atoms with Crippen molar-refractivity contribution in [3.8, 4) is 17.6 Å². The Labute approximate surface area is 223 Å². The molecule has 0 fully saturated rings. The van der Waals surface area contributed by atoms with Gasteiger partial charge < -0.3 is 19.5 Å². The van der Waals surface area contributed by atoms with E-state index >= 15 is 0 Å². The molecule has 1 amide bonds. The number of hydrogen-bond acceptors (Lipinski definition) is 6. The van der Waals surface area contributed by atoms with Crippen molar-refractivity contribution in [1.82, 2.24) is 0 Å². The average molecular weight is 596 g/mol. The number of hydrogen-bond donors (Lipinski definition) is 1. The third kappa shape index (κ3) is 7.33. The average Bonchev–Trinajstić information content (AvgIpc) is 2.88. The van der Waals surface area contributed by atoms with Crippen molar-refractivity contribution in [2.24, 2.45) is 0 Å². The van der Waals surface area contributed by atoms with E-state index in [0.717, 1.165) is 9.13 Å². The summed E-state index contributed by atoms with van der Waals surface area (Å²) in [6, 6.07) is 21.6. The Kier molecular flexibility index (Phi) is 9.89. The molecule has 8 heteroatoms. The first kappa shape index (κ1) is 26.8. The number of benzene rings is 3. The number of nitrogens with one attached hydrogen (secondary N) is 1. The number of carbonyl (C=O) groups excluding carboxylic acids is 2. The summed E-state index contributed by atoms with van der Waals surface area (Å²) in [5, 5.41) is 12.3. The van der Waals surface area contributed by atoms with Crippen molar-refractivity contribution in [1.29, 1.82) is 5.26 Å². The van der Waals surface area contributed by atoms with Crippen molar-refractivity contribution in [2.75, 3.05) is 18.5 Å². The second-order valence-corrected chi connectivity index (χ2v) is 8.62. The molecule has 0 saturated carbocycles. The van der Waals surface area contributed by atoms with Gasteiger partial charge in [0.2, 0.25) is 0 Å². The van der Waals surface area contributed by atoms with Crippen LogP contribution < -0.4 is 14.8 Å². The quantitative estimate of drug-likeness (QED) is 0.134. The van der Waals surface area contributed by atoms with Gasteiger partial charge in [-0.05, 0) is 90.0 Å². The number of nitriles is 1. The Bertz CT molecular complexity index is 1280. The van der Waals surface area contributed by atoms with Crippen molar-refractivity contribution in [3.63, 3.8) is 0 Å². The fourth-order valence-electron chi connectivity index (χ4n) is 3.22. The molecule has 0 aliphatic carbocycles. The normalized spacial score (nSPS) is 10.8. The molecule has 0 spiro atoms. The Balaban J connectivity index is 1.78. The van der Waals surface area contributed by atoms with Crippen LogP contribution in [0.4, 0.5) is 5.69 Å². The molecule has 0 radical (unpaired) electrons. The van der Waals surface area contributed by atoms with Gasteiger partial charge in [-0.3, -0.25) is 4.79 Å². The van der Waals surface area contributed by atoms with Gasteiger partial charge in [-0.2, -0.15) is 5.26 Å². The van der Waals surface area contributed by atoms with E-state index in [1.807, 2.05) is 49.4 Å². The van der Waals surface area contributed by atoms with Gasteiger partial charge >= 0.3 is 5.97 Å². The lowest BCUT2D eigenvalue weighted by Crippen LogP contribution is -2.13. The minimum absolute atomic E-state index is 0.0827. The van der Waals surface area contributed by atoms with E-state index in [4.69, 9.17) is 14.2 Å². The summed E-state index contributed by atoms with van der Waals surface area (Å²) in [4.78, 5) is 24.5. The summed E-state index contributed by atoms with van der Waals surface area (Å²) in [6.07, 6.45) is 1.49. The van der Waals surface area contributed by atoms with Gasteiger partial charge in [-0.1, -0.05) is 30.3 Å². The highest BCUT2D eigenvalue weighted by atomic mass is 127. The van der Waals surface area contributed by atoms with Gasteiger partial charge in [0.25, 0.3) is 5.91 Å².